The molecule has 0 radical (unpaired) electrons. The normalized spacial score (nSPS) is 17.5. The topological polar surface area (TPSA) is 74.6 Å². The van der Waals surface area contributed by atoms with Crippen LogP contribution in [0.3, 0.4) is 0 Å². The molecule has 8 heteroatoms. The molecule has 1 aromatic carbocycles. The molecule has 0 aliphatic carbocycles. The summed E-state index contributed by atoms with van der Waals surface area (Å²) in [7, 11) is -4.23. The fraction of sp³-hybridized carbons (Fsp3) is 0.500. The third-order valence-electron chi connectivity index (χ3n) is 2.95. The molecule has 0 bridgehead atoms. The number of halogens is 3. The lowest BCUT2D eigenvalue weighted by atomic mass is 9.91. The standard InChI is InChI=1S/C12H15F3O4S/c1-11(17,8-16)10(12(13,14)15)7-20(18,19)9-5-3-2-4-6-9/h2-6,10,16-17H,7-8H2,1H3. The van der Waals surface area contributed by atoms with E-state index in [0.717, 1.165) is 6.92 Å². The summed E-state index contributed by atoms with van der Waals surface area (Å²) in [6.07, 6.45) is -4.95. The molecule has 2 N–H and O–H groups in total. The van der Waals surface area contributed by atoms with Gasteiger partial charge in [-0.2, -0.15) is 13.2 Å². The van der Waals surface area contributed by atoms with Crippen LogP contribution in [0.5, 0.6) is 0 Å². The molecule has 20 heavy (non-hydrogen) atoms. The second-order valence-electron chi connectivity index (χ2n) is 4.70. The lowest BCUT2D eigenvalue weighted by Crippen LogP contribution is -2.49. The summed E-state index contributed by atoms with van der Waals surface area (Å²) in [5.74, 6) is -3.90. The lowest BCUT2D eigenvalue weighted by Gasteiger charge is -2.32. The van der Waals surface area contributed by atoms with E-state index >= 15 is 0 Å². The molecule has 2 atom stereocenters. The van der Waals surface area contributed by atoms with Crippen LogP contribution in [0, 0.1) is 5.92 Å². The molecule has 0 amide bonds. The first-order valence-corrected chi connectivity index (χ1v) is 7.34. The fourth-order valence-electron chi connectivity index (χ4n) is 1.68. The van der Waals surface area contributed by atoms with Crippen molar-refractivity contribution in [1.82, 2.24) is 0 Å². The smallest absolute Gasteiger partial charge is 0.393 e. The highest BCUT2D eigenvalue weighted by Crippen LogP contribution is 2.36. The van der Waals surface area contributed by atoms with E-state index in [1.807, 2.05) is 0 Å². The van der Waals surface area contributed by atoms with Gasteiger partial charge in [0.1, 0.15) is 0 Å². The maximum Gasteiger partial charge on any atom is 0.395 e. The zero-order chi connectivity index (χ0) is 15.6. The second kappa shape index (κ2) is 5.71. The van der Waals surface area contributed by atoms with Gasteiger partial charge in [0.05, 0.1) is 28.8 Å². The summed E-state index contributed by atoms with van der Waals surface area (Å²) in [6.45, 7) is -0.437. The van der Waals surface area contributed by atoms with Gasteiger partial charge in [-0.15, -0.1) is 0 Å². The van der Waals surface area contributed by atoms with Crippen LogP contribution in [-0.2, 0) is 9.84 Å². The van der Waals surface area contributed by atoms with E-state index in [-0.39, 0.29) is 4.90 Å². The highest BCUT2D eigenvalue weighted by Gasteiger charge is 2.52. The minimum absolute atomic E-state index is 0.261. The largest absolute Gasteiger partial charge is 0.395 e. The van der Waals surface area contributed by atoms with Crippen molar-refractivity contribution in [3.63, 3.8) is 0 Å². The van der Waals surface area contributed by atoms with Crippen LogP contribution in [0.25, 0.3) is 0 Å². The number of hydrogen-bond donors (Lipinski definition) is 2. The maximum absolute atomic E-state index is 12.9. The molecule has 0 saturated heterocycles. The highest BCUT2D eigenvalue weighted by atomic mass is 32.2. The highest BCUT2D eigenvalue weighted by molar-refractivity contribution is 7.91. The number of aliphatic hydroxyl groups excluding tert-OH is 1. The van der Waals surface area contributed by atoms with E-state index in [2.05, 4.69) is 0 Å². The number of hydrogen-bond acceptors (Lipinski definition) is 4. The van der Waals surface area contributed by atoms with Crippen molar-refractivity contribution in [2.24, 2.45) is 5.92 Å². The van der Waals surface area contributed by atoms with Crippen LogP contribution in [0.4, 0.5) is 13.2 Å². The van der Waals surface area contributed by atoms with Crippen LogP contribution in [-0.4, -0.2) is 42.8 Å². The molecule has 114 valence electrons. The zero-order valence-corrected chi connectivity index (χ0v) is 11.4. The Bertz CT molecular complexity index is 538. The molecule has 0 aromatic heterocycles. The molecule has 0 saturated carbocycles. The molecule has 0 spiro atoms. The summed E-state index contributed by atoms with van der Waals surface area (Å²) in [5.41, 5.74) is -2.57. The van der Waals surface area contributed by atoms with E-state index in [4.69, 9.17) is 5.11 Å². The van der Waals surface area contributed by atoms with E-state index in [1.54, 1.807) is 0 Å². The minimum Gasteiger partial charge on any atom is -0.393 e. The Morgan fingerprint density at radius 2 is 1.70 bits per heavy atom. The van der Waals surface area contributed by atoms with Crippen LogP contribution in [0.2, 0.25) is 0 Å². The van der Waals surface area contributed by atoms with Crippen LogP contribution in [0.15, 0.2) is 35.2 Å². The van der Waals surface area contributed by atoms with Gasteiger partial charge in [0.15, 0.2) is 9.84 Å². The SMILES string of the molecule is CC(O)(CO)C(CS(=O)(=O)c1ccccc1)C(F)(F)F. The third kappa shape index (κ3) is 3.94. The monoisotopic (exact) mass is 312 g/mol. The maximum atomic E-state index is 12.9. The third-order valence-corrected chi connectivity index (χ3v) is 4.72. The molecular weight excluding hydrogens is 297 g/mol. The minimum atomic E-state index is -4.95. The molecule has 1 aromatic rings. The average Bonchev–Trinajstić information content (AvgIpc) is 2.36. The molecule has 4 nitrogen and oxygen atoms in total. The molecular formula is C12H15F3O4S. The Balaban J connectivity index is 3.15. The summed E-state index contributed by atoms with van der Waals surface area (Å²) in [4.78, 5) is -0.261. The van der Waals surface area contributed by atoms with E-state index in [1.165, 1.54) is 30.3 Å². The lowest BCUT2D eigenvalue weighted by molar-refractivity contribution is -0.222. The van der Waals surface area contributed by atoms with Gasteiger partial charge in [-0.25, -0.2) is 8.42 Å². The zero-order valence-electron chi connectivity index (χ0n) is 10.6. The molecule has 1 rings (SSSR count). The Morgan fingerprint density at radius 3 is 2.10 bits per heavy atom. The van der Waals surface area contributed by atoms with Gasteiger partial charge in [-0.1, -0.05) is 18.2 Å². The summed E-state index contributed by atoms with van der Waals surface area (Å²) >= 11 is 0. The molecule has 0 heterocycles. The molecule has 0 aliphatic rings. The van der Waals surface area contributed by atoms with Gasteiger partial charge in [0.25, 0.3) is 0 Å². The average molecular weight is 312 g/mol. The predicted octanol–water partition coefficient (Wildman–Crippen LogP) is 1.38. The van der Waals surface area contributed by atoms with Gasteiger partial charge in [-0.3, -0.25) is 0 Å². The van der Waals surface area contributed by atoms with Crippen molar-refractivity contribution < 1.29 is 31.8 Å². The number of sulfone groups is 1. The van der Waals surface area contributed by atoms with Crippen molar-refractivity contribution in [2.75, 3.05) is 12.4 Å². The van der Waals surface area contributed by atoms with Crippen molar-refractivity contribution >= 4 is 9.84 Å². The molecule has 0 fully saturated rings. The number of alkyl halides is 3. The van der Waals surface area contributed by atoms with Gasteiger partial charge in [0.2, 0.25) is 0 Å². The Labute approximate surface area is 114 Å². The first-order chi connectivity index (χ1) is 9.00. The van der Waals surface area contributed by atoms with Crippen LogP contribution >= 0.6 is 0 Å². The van der Waals surface area contributed by atoms with Crippen molar-refractivity contribution in [1.29, 1.82) is 0 Å². The Morgan fingerprint density at radius 1 is 1.20 bits per heavy atom. The number of aliphatic hydroxyl groups is 2. The van der Waals surface area contributed by atoms with E-state index in [0.29, 0.717) is 0 Å². The van der Waals surface area contributed by atoms with Gasteiger partial charge >= 0.3 is 6.18 Å². The summed E-state index contributed by atoms with van der Waals surface area (Å²) in [6, 6.07) is 6.66. The van der Waals surface area contributed by atoms with Gasteiger partial charge < -0.3 is 10.2 Å². The first kappa shape index (κ1) is 16.9. The number of benzene rings is 1. The van der Waals surface area contributed by atoms with E-state index < -0.39 is 39.9 Å². The van der Waals surface area contributed by atoms with Crippen molar-refractivity contribution in [3.8, 4) is 0 Å². The van der Waals surface area contributed by atoms with Gasteiger partial charge in [-0.05, 0) is 19.1 Å². The second-order valence-corrected chi connectivity index (χ2v) is 6.74. The molecule has 0 aliphatic heterocycles. The summed E-state index contributed by atoms with van der Waals surface area (Å²) in [5, 5.41) is 18.4. The number of rotatable bonds is 5. The fourth-order valence-corrected chi connectivity index (χ4v) is 3.43. The first-order valence-electron chi connectivity index (χ1n) is 5.68. The molecule has 2 unspecified atom stereocenters. The summed E-state index contributed by atoms with van der Waals surface area (Å²) < 4.78 is 62.7. The van der Waals surface area contributed by atoms with Crippen molar-refractivity contribution in [2.45, 2.75) is 23.6 Å². The van der Waals surface area contributed by atoms with E-state index in [9.17, 15) is 26.7 Å². The Hall–Kier alpha value is -1.12. The van der Waals surface area contributed by atoms with Crippen LogP contribution < -0.4 is 0 Å². The predicted molar refractivity (Wildman–Crippen MR) is 65.7 cm³/mol. The van der Waals surface area contributed by atoms with Gasteiger partial charge in [0, 0.05) is 0 Å². The Kier molecular flexibility index (Phi) is 4.83. The van der Waals surface area contributed by atoms with Crippen LogP contribution in [0.1, 0.15) is 6.92 Å². The van der Waals surface area contributed by atoms with Crippen molar-refractivity contribution in [3.05, 3.63) is 30.3 Å². The quantitative estimate of drug-likeness (QED) is 0.861.